The first-order valence-electron chi connectivity index (χ1n) is 10.3. The van der Waals surface area contributed by atoms with Gasteiger partial charge in [0, 0.05) is 15.7 Å². The van der Waals surface area contributed by atoms with Crippen LogP contribution >= 0.6 is 15.9 Å². The Morgan fingerprint density at radius 3 is 2.36 bits per heavy atom. The van der Waals surface area contributed by atoms with Crippen LogP contribution in [-0.2, 0) is 0 Å². The standard InChI is InChI=1S/C27H19BrN2O3/c1-32-24-13-11-20(28)15-22(24)26(31)29-21-12-14-25-23(16-21)30-27(33-25)19-9-7-18(8-10-19)17-5-3-2-4-6-17/h2-16H,1H3,(H,29,31). The molecule has 1 aromatic heterocycles. The lowest BCUT2D eigenvalue weighted by molar-refractivity contribution is 0.102. The van der Waals surface area contributed by atoms with Crippen molar-refractivity contribution in [1.29, 1.82) is 0 Å². The quantitative estimate of drug-likeness (QED) is 0.278. The largest absolute Gasteiger partial charge is 0.496 e. The predicted molar refractivity (Wildman–Crippen MR) is 134 cm³/mol. The molecule has 5 rings (SSSR count). The molecule has 0 atom stereocenters. The Labute approximate surface area is 199 Å². The van der Waals surface area contributed by atoms with E-state index in [9.17, 15) is 4.79 Å². The van der Waals surface area contributed by atoms with E-state index in [1.54, 1.807) is 30.3 Å². The molecule has 6 heteroatoms. The van der Waals surface area contributed by atoms with Crippen LogP contribution in [0.1, 0.15) is 10.4 Å². The molecular weight excluding hydrogens is 480 g/mol. The number of halogens is 1. The molecule has 1 N–H and O–H groups in total. The van der Waals surface area contributed by atoms with E-state index in [1.165, 1.54) is 7.11 Å². The molecule has 0 saturated carbocycles. The first-order valence-corrected chi connectivity index (χ1v) is 11.1. The number of hydrogen-bond donors (Lipinski definition) is 1. The number of anilines is 1. The summed E-state index contributed by atoms with van der Waals surface area (Å²) < 4.78 is 12.1. The minimum atomic E-state index is -0.271. The molecule has 0 spiro atoms. The minimum Gasteiger partial charge on any atom is -0.496 e. The van der Waals surface area contributed by atoms with Crippen molar-refractivity contribution in [2.24, 2.45) is 0 Å². The highest BCUT2D eigenvalue weighted by Gasteiger charge is 2.15. The number of nitrogens with zero attached hydrogens (tertiary/aromatic N) is 1. The van der Waals surface area contributed by atoms with Gasteiger partial charge in [0.2, 0.25) is 5.89 Å². The molecule has 5 aromatic rings. The van der Waals surface area contributed by atoms with E-state index >= 15 is 0 Å². The molecule has 0 unspecified atom stereocenters. The van der Waals surface area contributed by atoms with Gasteiger partial charge in [-0.25, -0.2) is 4.98 Å². The summed E-state index contributed by atoms with van der Waals surface area (Å²) in [5.74, 6) is 0.758. The number of amides is 1. The monoisotopic (exact) mass is 498 g/mol. The Morgan fingerprint density at radius 2 is 1.61 bits per heavy atom. The van der Waals surface area contributed by atoms with E-state index in [0.717, 1.165) is 21.2 Å². The maximum atomic E-state index is 12.8. The van der Waals surface area contributed by atoms with Crippen LogP contribution in [0.25, 0.3) is 33.7 Å². The summed E-state index contributed by atoms with van der Waals surface area (Å²) in [5.41, 5.74) is 5.54. The van der Waals surface area contributed by atoms with E-state index in [2.05, 4.69) is 50.5 Å². The molecule has 0 aliphatic carbocycles. The Morgan fingerprint density at radius 1 is 0.879 bits per heavy atom. The third kappa shape index (κ3) is 4.38. The molecule has 33 heavy (non-hydrogen) atoms. The Balaban J connectivity index is 1.39. The van der Waals surface area contributed by atoms with Crippen molar-refractivity contribution in [1.82, 2.24) is 4.98 Å². The summed E-state index contributed by atoms with van der Waals surface area (Å²) >= 11 is 3.40. The van der Waals surface area contributed by atoms with Gasteiger partial charge in [0.1, 0.15) is 11.3 Å². The summed E-state index contributed by atoms with van der Waals surface area (Å²) in [6.45, 7) is 0. The van der Waals surface area contributed by atoms with Crippen molar-refractivity contribution in [2.75, 3.05) is 12.4 Å². The average molecular weight is 499 g/mol. The number of carbonyl (C=O) groups excluding carboxylic acids is 1. The number of aromatic nitrogens is 1. The van der Waals surface area contributed by atoms with Gasteiger partial charge in [0.05, 0.1) is 12.7 Å². The maximum absolute atomic E-state index is 12.8. The highest BCUT2D eigenvalue weighted by molar-refractivity contribution is 9.10. The van der Waals surface area contributed by atoms with Gasteiger partial charge in [-0.2, -0.15) is 0 Å². The van der Waals surface area contributed by atoms with Crippen molar-refractivity contribution < 1.29 is 13.9 Å². The predicted octanol–water partition coefficient (Wildman–Crippen LogP) is 7.19. The number of hydrogen-bond acceptors (Lipinski definition) is 4. The van der Waals surface area contributed by atoms with Crippen LogP contribution in [0.5, 0.6) is 5.75 Å². The van der Waals surface area contributed by atoms with Crippen LogP contribution in [0, 0.1) is 0 Å². The van der Waals surface area contributed by atoms with Gasteiger partial charge in [0.15, 0.2) is 5.58 Å². The summed E-state index contributed by atoms with van der Waals surface area (Å²) in [7, 11) is 1.54. The second kappa shape index (κ2) is 8.92. The number of carbonyl (C=O) groups is 1. The fourth-order valence-electron chi connectivity index (χ4n) is 3.62. The van der Waals surface area contributed by atoms with E-state index in [0.29, 0.717) is 34.0 Å². The van der Waals surface area contributed by atoms with Crippen LogP contribution in [0.15, 0.2) is 99.9 Å². The molecule has 0 fully saturated rings. The summed E-state index contributed by atoms with van der Waals surface area (Å²) in [4.78, 5) is 17.4. The number of nitrogens with one attached hydrogen (secondary N) is 1. The topological polar surface area (TPSA) is 64.4 Å². The first-order chi connectivity index (χ1) is 16.1. The number of oxazole rings is 1. The van der Waals surface area contributed by atoms with Crippen molar-refractivity contribution in [3.63, 3.8) is 0 Å². The molecule has 0 aliphatic rings. The Kier molecular flexibility index (Phi) is 5.67. The lowest BCUT2D eigenvalue weighted by Crippen LogP contribution is -2.13. The summed E-state index contributed by atoms with van der Waals surface area (Å²) in [6.07, 6.45) is 0. The van der Waals surface area contributed by atoms with Gasteiger partial charge >= 0.3 is 0 Å². The molecule has 162 valence electrons. The van der Waals surface area contributed by atoms with Gasteiger partial charge in [-0.05, 0) is 59.7 Å². The molecule has 0 radical (unpaired) electrons. The fraction of sp³-hybridized carbons (Fsp3) is 0.0370. The minimum absolute atomic E-state index is 0.271. The zero-order valence-corrected chi connectivity index (χ0v) is 19.3. The van der Waals surface area contributed by atoms with E-state index in [1.807, 2.05) is 36.4 Å². The third-order valence-corrected chi connectivity index (χ3v) is 5.78. The molecule has 1 amide bonds. The number of benzene rings is 4. The smallest absolute Gasteiger partial charge is 0.259 e. The number of fused-ring (bicyclic) bond motifs is 1. The average Bonchev–Trinajstić information content (AvgIpc) is 3.28. The zero-order valence-electron chi connectivity index (χ0n) is 17.7. The summed E-state index contributed by atoms with van der Waals surface area (Å²) in [6, 6.07) is 29.0. The van der Waals surface area contributed by atoms with Crippen LogP contribution < -0.4 is 10.1 Å². The van der Waals surface area contributed by atoms with Gasteiger partial charge < -0.3 is 14.5 Å². The van der Waals surface area contributed by atoms with Crippen LogP contribution in [0.3, 0.4) is 0 Å². The van der Waals surface area contributed by atoms with Crippen LogP contribution in [0.4, 0.5) is 5.69 Å². The van der Waals surface area contributed by atoms with Gasteiger partial charge in [-0.3, -0.25) is 4.79 Å². The van der Waals surface area contributed by atoms with E-state index in [-0.39, 0.29) is 5.91 Å². The van der Waals surface area contributed by atoms with Crippen LogP contribution in [0.2, 0.25) is 0 Å². The molecule has 1 heterocycles. The lowest BCUT2D eigenvalue weighted by Gasteiger charge is -2.09. The molecule has 4 aromatic carbocycles. The van der Waals surface area contributed by atoms with E-state index in [4.69, 9.17) is 9.15 Å². The molecule has 0 bridgehead atoms. The van der Waals surface area contributed by atoms with Gasteiger partial charge in [-0.1, -0.05) is 58.4 Å². The first kappa shape index (κ1) is 21.0. The van der Waals surface area contributed by atoms with Crippen molar-refractivity contribution in [3.05, 3.63) is 101 Å². The second-order valence-electron chi connectivity index (χ2n) is 7.44. The second-order valence-corrected chi connectivity index (χ2v) is 8.36. The Bertz CT molecular complexity index is 1440. The number of methoxy groups -OCH3 is 1. The Hall–Kier alpha value is -3.90. The van der Waals surface area contributed by atoms with Crippen molar-refractivity contribution in [2.45, 2.75) is 0 Å². The van der Waals surface area contributed by atoms with E-state index < -0.39 is 0 Å². The fourth-order valence-corrected chi connectivity index (χ4v) is 3.98. The van der Waals surface area contributed by atoms with Crippen molar-refractivity contribution >= 4 is 38.6 Å². The maximum Gasteiger partial charge on any atom is 0.259 e. The molecule has 5 nitrogen and oxygen atoms in total. The highest BCUT2D eigenvalue weighted by Crippen LogP contribution is 2.29. The third-order valence-electron chi connectivity index (χ3n) is 5.29. The molecule has 0 saturated heterocycles. The summed E-state index contributed by atoms with van der Waals surface area (Å²) in [5, 5.41) is 2.91. The van der Waals surface area contributed by atoms with Crippen LogP contribution in [-0.4, -0.2) is 18.0 Å². The normalized spacial score (nSPS) is 10.8. The number of rotatable bonds is 5. The molecule has 0 aliphatic heterocycles. The van der Waals surface area contributed by atoms with Gasteiger partial charge in [0.25, 0.3) is 5.91 Å². The van der Waals surface area contributed by atoms with Gasteiger partial charge in [-0.15, -0.1) is 0 Å². The number of ether oxygens (including phenoxy) is 1. The zero-order chi connectivity index (χ0) is 22.8. The SMILES string of the molecule is COc1ccc(Br)cc1C(=O)Nc1ccc2oc(-c3ccc(-c4ccccc4)cc3)nc2c1. The lowest BCUT2D eigenvalue weighted by atomic mass is 10.0. The van der Waals surface area contributed by atoms with Crippen molar-refractivity contribution in [3.8, 4) is 28.3 Å². The molecular formula is C27H19BrN2O3. The highest BCUT2D eigenvalue weighted by atomic mass is 79.9.